The molecule has 0 aromatic heterocycles. The van der Waals surface area contributed by atoms with E-state index in [1.807, 2.05) is 0 Å². The molecule has 0 aliphatic rings. The van der Waals surface area contributed by atoms with E-state index in [0.29, 0.717) is 10.6 Å². The van der Waals surface area contributed by atoms with Crippen LogP contribution in [0.2, 0.25) is 10.0 Å². The highest BCUT2D eigenvalue weighted by molar-refractivity contribution is 6.35. The SMILES string of the molecule is Cc1ccc(C(=O)COC(=O)COc2ccc(Cl)cc2Cl)cc1[N+](=O)[O-]. The topological polar surface area (TPSA) is 95.7 Å². The summed E-state index contributed by atoms with van der Waals surface area (Å²) >= 11 is 11.7. The van der Waals surface area contributed by atoms with Crippen LogP contribution in [0.4, 0.5) is 5.69 Å². The Morgan fingerprint density at radius 3 is 2.50 bits per heavy atom. The van der Waals surface area contributed by atoms with Crippen molar-refractivity contribution in [1.29, 1.82) is 0 Å². The minimum Gasteiger partial charge on any atom is -0.480 e. The zero-order chi connectivity index (χ0) is 19.3. The van der Waals surface area contributed by atoms with Gasteiger partial charge in [0.05, 0.1) is 9.95 Å². The molecule has 2 aromatic carbocycles. The van der Waals surface area contributed by atoms with Gasteiger partial charge in [0.25, 0.3) is 5.69 Å². The minimum atomic E-state index is -0.786. The number of rotatable bonds is 7. The van der Waals surface area contributed by atoms with Crippen molar-refractivity contribution in [1.82, 2.24) is 0 Å². The van der Waals surface area contributed by atoms with Gasteiger partial charge in [0, 0.05) is 22.2 Å². The van der Waals surface area contributed by atoms with Gasteiger partial charge in [-0.2, -0.15) is 0 Å². The average molecular weight is 398 g/mol. The van der Waals surface area contributed by atoms with E-state index in [0.717, 1.165) is 6.07 Å². The number of benzene rings is 2. The van der Waals surface area contributed by atoms with E-state index in [-0.39, 0.29) is 22.0 Å². The third-order valence-corrected chi connectivity index (χ3v) is 3.86. The van der Waals surface area contributed by atoms with Crippen molar-refractivity contribution >= 4 is 40.6 Å². The molecule has 7 nitrogen and oxygen atoms in total. The van der Waals surface area contributed by atoms with Crippen LogP contribution in [0.3, 0.4) is 0 Å². The fourth-order valence-corrected chi connectivity index (χ4v) is 2.44. The molecular formula is C17H13Cl2NO6. The average Bonchev–Trinajstić information content (AvgIpc) is 2.59. The number of ketones is 1. The number of halogens is 2. The maximum atomic E-state index is 12.0. The molecule has 2 aromatic rings. The summed E-state index contributed by atoms with van der Waals surface area (Å²) in [5.74, 6) is -1.11. The Balaban J connectivity index is 1.89. The van der Waals surface area contributed by atoms with Gasteiger partial charge < -0.3 is 9.47 Å². The van der Waals surface area contributed by atoms with Crippen LogP contribution < -0.4 is 4.74 Å². The van der Waals surface area contributed by atoms with E-state index >= 15 is 0 Å². The first-order chi connectivity index (χ1) is 12.3. The molecule has 0 heterocycles. The fourth-order valence-electron chi connectivity index (χ4n) is 1.98. The molecular weight excluding hydrogens is 385 g/mol. The largest absolute Gasteiger partial charge is 0.480 e. The number of ether oxygens (including phenoxy) is 2. The van der Waals surface area contributed by atoms with Gasteiger partial charge in [-0.1, -0.05) is 35.3 Å². The third-order valence-electron chi connectivity index (χ3n) is 3.33. The molecule has 2 rings (SSSR count). The monoisotopic (exact) mass is 397 g/mol. The number of carbonyl (C=O) groups excluding carboxylic acids is 2. The molecule has 0 aliphatic heterocycles. The van der Waals surface area contributed by atoms with E-state index in [4.69, 9.17) is 32.7 Å². The number of nitro benzene ring substituents is 1. The number of carbonyl (C=O) groups is 2. The molecule has 26 heavy (non-hydrogen) atoms. The van der Waals surface area contributed by atoms with Crippen molar-refractivity contribution in [2.24, 2.45) is 0 Å². The van der Waals surface area contributed by atoms with E-state index in [1.54, 1.807) is 13.0 Å². The normalized spacial score (nSPS) is 10.3. The second-order valence-corrected chi connectivity index (χ2v) is 6.05. The summed E-state index contributed by atoms with van der Waals surface area (Å²) < 4.78 is 10.0. The van der Waals surface area contributed by atoms with Crippen molar-refractivity contribution in [3.8, 4) is 5.75 Å². The maximum Gasteiger partial charge on any atom is 0.344 e. The Kier molecular flexibility index (Phi) is 6.54. The summed E-state index contributed by atoms with van der Waals surface area (Å²) in [6, 6.07) is 8.53. The highest BCUT2D eigenvalue weighted by Gasteiger charge is 2.16. The van der Waals surface area contributed by atoms with Crippen LogP contribution in [0, 0.1) is 17.0 Å². The molecule has 0 radical (unpaired) electrons. The molecule has 0 spiro atoms. The Hall–Kier alpha value is -2.64. The van der Waals surface area contributed by atoms with Crippen LogP contribution in [0.15, 0.2) is 36.4 Å². The molecule has 136 valence electrons. The lowest BCUT2D eigenvalue weighted by molar-refractivity contribution is -0.385. The predicted octanol–water partition coefficient (Wildman–Crippen LogP) is 4.01. The first kappa shape index (κ1) is 19.7. The van der Waals surface area contributed by atoms with Crippen LogP contribution in [0.5, 0.6) is 5.75 Å². The van der Waals surface area contributed by atoms with E-state index in [9.17, 15) is 19.7 Å². The number of hydrogen-bond acceptors (Lipinski definition) is 6. The Morgan fingerprint density at radius 1 is 1.12 bits per heavy atom. The Bertz CT molecular complexity index is 868. The predicted molar refractivity (Wildman–Crippen MR) is 95.1 cm³/mol. The zero-order valence-corrected chi connectivity index (χ0v) is 15.0. The molecule has 0 saturated carbocycles. The number of nitro groups is 1. The number of Topliss-reactive ketones (excluding diaryl/α,β-unsaturated/α-hetero) is 1. The smallest absolute Gasteiger partial charge is 0.344 e. The molecule has 0 aliphatic carbocycles. The Labute approximate surface area is 158 Å². The number of nitrogens with zero attached hydrogens (tertiary/aromatic N) is 1. The molecule has 0 fully saturated rings. The summed E-state index contributed by atoms with van der Waals surface area (Å²) in [6.07, 6.45) is 0. The van der Waals surface area contributed by atoms with E-state index in [1.165, 1.54) is 24.3 Å². The highest BCUT2D eigenvalue weighted by atomic mass is 35.5. The van der Waals surface area contributed by atoms with Gasteiger partial charge in [-0.3, -0.25) is 14.9 Å². The zero-order valence-electron chi connectivity index (χ0n) is 13.5. The summed E-state index contributed by atoms with van der Waals surface area (Å²) in [5, 5.41) is 11.6. The van der Waals surface area contributed by atoms with Crippen molar-refractivity contribution in [3.63, 3.8) is 0 Å². The molecule has 0 N–H and O–H groups in total. The van der Waals surface area contributed by atoms with Crippen LogP contribution in [-0.4, -0.2) is 29.9 Å². The second-order valence-electron chi connectivity index (χ2n) is 5.21. The van der Waals surface area contributed by atoms with Crippen molar-refractivity contribution in [2.75, 3.05) is 13.2 Å². The van der Waals surface area contributed by atoms with Gasteiger partial charge in [-0.05, 0) is 25.1 Å². The van der Waals surface area contributed by atoms with E-state index < -0.39 is 29.9 Å². The third kappa shape index (κ3) is 5.18. The second kappa shape index (κ2) is 8.64. The quantitative estimate of drug-likeness (QED) is 0.303. The first-order valence-corrected chi connectivity index (χ1v) is 8.05. The summed E-state index contributed by atoms with van der Waals surface area (Å²) in [5.41, 5.74) is 0.330. The number of aryl methyl sites for hydroxylation is 1. The molecule has 9 heteroatoms. The van der Waals surface area contributed by atoms with Gasteiger partial charge >= 0.3 is 5.97 Å². The lowest BCUT2D eigenvalue weighted by Crippen LogP contribution is -2.19. The van der Waals surface area contributed by atoms with Gasteiger partial charge in [0.1, 0.15) is 5.75 Å². The summed E-state index contributed by atoms with van der Waals surface area (Å²) in [4.78, 5) is 34.0. The molecule has 0 bridgehead atoms. The lowest BCUT2D eigenvalue weighted by Gasteiger charge is -2.08. The fraction of sp³-hybridized carbons (Fsp3) is 0.176. The van der Waals surface area contributed by atoms with Gasteiger partial charge in [0.15, 0.2) is 13.2 Å². The van der Waals surface area contributed by atoms with Crippen LogP contribution in [-0.2, 0) is 9.53 Å². The number of hydrogen-bond donors (Lipinski definition) is 0. The lowest BCUT2D eigenvalue weighted by atomic mass is 10.1. The summed E-state index contributed by atoms with van der Waals surface area (Å²) in [7, 11) is 0. The van der Waals surface area contributed by atoms with Crippen molar-refractivity contribution < 1.29 is 24.0 Å². The maximum absolute atomic E-state index is 12.0. The Morgan fingerprint density at radius 2 is 1.85 bits per heavy atom. The van der Waals surface area contributed by atoms with Gasteiger partial charge in [-0.15, -0.1) is 0 Å². The van der Waals surface area contributed by atoms with Gasteiger partial charge in [0.2, 0.25) is 5.78 Å². The molecule has 0 atom stereocenters. The van der Waals surface area contributed by atoms with E-state index in [2.05, 4.69) is 0 Å². The van der Waals surface area contributed by atoms with Crippen LogP contribution >= 0.6 is 23.2 Å². The number of esters is 1. The highest BCUT2D eigenvalue weighted by Crippen LogP contribution is 2.27. The first-order valence-electron chi connectivity index (χ1n) is 7.29. The van der Waals surface area contributed by atoms with Crippen molar-refractivity contribution in [3.05, 3.63) is 67.7 Å². The molecule has 0 saturated heterocycles. The van der Waals surface area contributed by atoms with Crippen LogP contribution in [0.25, 0.3) is 0 Å². The standard InChI is InChI=1S/C17H13Cl2NO6/c1-10-2-3-11(6-14(10)20(23)24)15(21)8-26-17(22)9-25-16-5-4-12(18)7-13(16)19/h2-7H,8-9H2,1H3. The molecule has 0 unspecified atom stereocenters. The summed E-state index contributed by atoms with van der Waals surface area (Å²) in [6.45, 7) is 0.547. The van der Waals surface area contributed by atoms with Crippen molar-refractivity contribution in [2.45, 2.75) is 6.92 Å². The van der Waals surface area contributed by atoms with Gasteiger partial charge in [-0.25, -0.2) is 4.79 Å². The molecule has 0 amide bonds. The van der Waals surface area contributed by atoms with Crippen LogP contribution in [0.1, 0.15) is 15.9 Å². The minimum absolute atomic E-state index is 0.0803.